The Balaban J connectivity index is 1.81. The van der Waals surface area contributed by atoms with Crippen LogP contribution in [-0.2, 0) is 0 Å². The molecule has 0 aliphatic carbocycles. The smallest absolute Gasteiger partial charge is 0.0414 e. The van der Waals surface area contributed by atoms with E-state index in [9.17, 15) is 0 Å². The van der Waals surface area contributed by atoms with Crippen molar-refractivity contribution in [1.29, 1.82) is 0 Å². The van der Waals surface area contributed by atoms with Crippen LogP contribution in [0.3, 0.4) is 0 Å². The van der Waals surface area contributed by atoms with Crippen molar-refractivity contribution in [3.05, 3.63) is 35.2 Å². The van der Waals surface area contributed by atoms with Gasteiger partial charge in [-0.3, -0.25) is 4.90 Å². The summed E-state index contributed by atoms with van der Waals surface area (Å²) >= 11 is 1.94. The van der Waals surface area contributed by atoms with Crippen LogP contribution in [0.2, 0.25) is 0 Å². The van der Waals surface area contributed by atoms with Crippen molar-refractivity contribution in [2.45, 2.75) is 25.4 Å². The van der Waals surface area contributed by atoms with Crippen LogP contribution >= 0.6 is 11.3 Å². The Labute approximate surface area is 113 Å². The van der Waals surface area contributed by atoms with Gasteiger partial charge in [0.1, 0.15) is 0 Å². The molecule has 1 aromatic carbocycles. The second kappa shape index (κ2) is 5.00. The van der Waals surface area contributed by atoms with Crippen molar-refractivity contribution >= 4 is 21.4 Å². The molecule has 1 N–H and O–H groups in total. The summed E-state index contributed by atoms with van der Waals surface area (Å²) in [5.41, 5.74) is 0. The summed E-state index contributed by atoms with van der Waals surface area (Å²) in [6.07, 6.45) is 1.27. The van der Waals surface area contributed by atoms with Gasteiger partial charge in [0.25, 0.3) is 0 Å². The topological polar surface area (TPSA) is 15.3 Å². The Bertz CT molecular complexity index is 501. The Morgan fingerprint density at radius 1 is 1.39 bits per heavy atom. The number of fused-ring (bicyclic) bond motifs is 1. The van der Waals surface area contributed by atoms with Crippen LogP contribution in [-0.4, -0.2) is 31.1 Å². The van der Waals surface area contributed by atoms with Crippen LogP contribution in [0.1, 0.15) is 24.3 Å². The van der Waals surface area contributed by atoms with E-state index in [-0.39, 0.29) is 0 Å². The zero-order valence-corrected chi connectivity index (χ0v) is 11.8. The van der Waals surface area contributed by atoms with E-state index in [4.69, 9.17) is 0 Å². The maximum atomic E-state index is 3.39. The van der Waals surface area contributed by atoms with Crippen molar-refractivity contribution in [3.8, 4) is 0 Å². The summed E-state index contributed by atoms with van der Waals surface area (Å²) < 4.78 is 1.41. The number of nitrogens with one attached hydrogen (secondary N) is 1. The van der Waals surface area contributed by atoms with Crippen LogP contribution in [0.4, 0.5) is 0 Å². The van der Waals surface area contributed by atoms with E-state index in [0.717, 1.165) is 0 Å². The van der Waals surface area contributed by atoms with E-state index < -0.39 is 0 Å². The van der Waals surface area contributed by atoms with Gasteiger partial charge in [-0.15, -0.1) is 11.3 Å². The minimum absolute atomic E-state index is 0.542. The number of benzene rings is 1. The Morgan fingerprint density at radius 3 is 2.94 bits per heavy atom. The zero-order chi connectivity index (χ0) is 12.5. The minimum Gasteiger partial charge on any atom is -0.316 e. The molecule has 0 bridgehead atoms. The molecule has 2 unspecified atom stereocenters. The van der Waals surface area contributed by atoms with Crippen molar-refractivity contribution in [1.82, 2.24) is 10.2 Å². The molecule has 0 saturated carbocycles. The Kier molecular flexibility index (Phi) is 3.37. The molecule has 1 aromatic heterocycles. The van der Waals surface area contributed by atoms with E-state index >= 15 is 0 Å². The molecule has 1 saturated heterocycles. The fourth-order valence-electron chi connectivity index (χ4n) is 2.76. The second-order valence-corrected chi connectivity index (χ2v) is 6.25. The van der Waals surface area contributed by atoms with Crippen LogP contribution in [0.15, 0.2) is 30.3 Å². The quantitative estimate of drug-likeness (QED) is 0.911. The number of hydrogen-bond donors (Lipinski definition) is 1. The molecule has 2 aromatic rings. The lowest BCUT2D eigenvalue weighted by atomic mass is 10.2. The second-order valence-electron chi connectivity index (χ2n) is 5.13. The number of hydrogen-bond acceptors (Lipinski definition) is 3. The Hall–Kier alpha value is -0.900. The van der Waals surface area contributed by atoms with E-state index in [1.165, 1.54) is 34.5 Å². The molecule has 2 heterocycles. The molecule has 3 rings (SSSR count). The van der Waals surface area contributed by atoms with Gasteiger partial charge < -0.3 is 5.32 Å². The van der Waals surface area contributed by atoms with Crippen LogP contribution < -0.4 is 5.32 Å². The zero-order valence-electron chi connectivity index (χ0n) is 11.0. The van der Waals surface area contributed by atoms with Gasteiger partial charge in [0, 0.05) is 34.8 Å². The van der Waals surface area contributed by atoms with E-state index in [0.29, 0.717) is 12.1 Å². The van der Waals surface area contributed by atoms with Gasteiger partial charge in [-0.1, -0.05) is 18.2 Å². The van der Waals surface area contributed by atoms with Crippen molar-refractivity contribution in [2.24, 2.45) is 0 Å². The molecule has 1 fully saturated rings. The molecule has 18 heavy (non-hydrogen) atoms. The van der Waals surface area contributed by atoms with Crippen LogP contribution in [0, 0.1) is 0 Å². The summed E-state index contributed by atoms with van der Waals surface area (Å²) in [4.78, 5) is 4.08. The number of likely N-dealkylation sites (N-methyl/N-ethyl adjacent to an activating group) is 1. The van der Waals surface area contributed by atoms with E-state index in [2.05, 4.69) is 54.5 Å². The highest BCUT2D eigenvalue weighted by Gasteiger charge is 2.26. The van der Waals surface area contributed by atoms with Crippen LogP contribution in [0.25, 0.3) is 10.1 Å². The average molecular weight is 260 g/mol. The maximum absolute atomic E-state index is 3.39. The summed E-state index contributed by atoms with van der Waals surface area (Å²) in [6.45, 7) is 4.72. The normalized spacial score (nSPS) is 22.7. The highest BCUT2D eigenvalue weighted by Crippen LogP contribution is 2.33. The predicted octanol–water partition coefficient (Wildman–Crippen LogP) is 3.26. The van der Waals surface area contributed by atoms with Gasteiger partial charge in [0.2, 0.25) is 0 Å². The molecule has 1 aliphatic rings. The third-order valence-corrected chi connectivity index (χ3v) is 5.32. The first-order valence-corrected chi connectivity index (χ1v) is 7.49. The number of nitrogens with zero attached hydrogens (tertiary/aromatic N) is 1. The van der Waals surface area contributed by atoms with Gasteiger partial charge in [-0.2, -0.15) is 0 Å². The number of likely N-dealkylation sites (tertiary alicyclic amines) is 1. The lowest BCUT2D eigenvalue weighted by Gasteiger charge is -2.23. The van der Waals surface area contributed by atoms with E-state index in [1.807, 2.05) is 11.3 Å². The standard InChI is InChI=1S/C15H20N2S/c1-11(17-8-7-13(10-17)16-2)15-9-12-5-3-4-6-14(12)18-15/h3-6,9,11,13,16H,7-8,10H2,1-2H3. The molecule has 2 atom stereocenters. The summed E-state index contributed by atoms with van der Waals surface area (Å²) in [6, 6.07) is 12.2. The number of rotatable bonds is 3. The highest BCUT2D eigenvalue weighted by atomic mass is 32.1. The maximum Gasteiger partial charge on any atom is 0.0414 e. The predicted molar refractivity (Wildman–Crippen MR) is 79.3 cm³/mol. The molecular weight excluding hydrogens is 240 g/mol. The van der Waals surface area contributed by atoms with Crippen molar-refractivity contribution in [2.75, 3.05) is 20.1 Å². The third-order valence-electron chi connectivity index (χ3n) is 4.03. The first kappa shape index (κ1) is 12.2. The molecule has 96 valence electrons. The SMILES string of the molecule is CNC1CCN(C(C)c2cc3ccccc3s2)C1. The summed E-state index contributed by atoms with van der Waals surface area (Å²) in [5, 5.41) is 4.77. The molecular formula is C15H20N2S. The fraction of sp³-hybridized carbons (Fsp3) is 0.467. The van der Waals surface area contributed by atoms with Crippen molar-refractivity contribution in [3.63, 3.8) is 0 Å². The van der Waals surface area contributed by atoms with Gasteiger partial charge in [-0.25, -0.2) is 0 Å². The summed E-state index contributed by atoms with van der Waals surface area (Å²) in [7, 11) is 2.07. The van der Waals surface area contributed by atoms with Gasteiger partial charge in [0.05, 0.1) is 0 Å². The largest absolute Gasteiger partial charge is 0.316 e. The van der Waals surface area contributed by atoms with Gasteiger partial charge >= 0.3 is 0 Å². The monoisotopic (exact) mass is 260 g/mol. The van der Waals surface area contributed by atoms with Gasteiger partial charge in [0.15, 0.2) is 0 Å². The number of thiophene rings is 1. The highest BCUT2D eigenvalue weighted by molar-refractivity contribution is 7.19. The molecule has 0 amide bonds. The molecule has 2 nitrogen and oxygen atoms in total. The molecule has 3 heteroatoms. The van der Waals surface area contributed by atoms with Crippen LogP contribution in [0.5, 0.6) is 0 Å². The minimum atomic E-state index is 0.542. The van der Waals surface area contributed by atoms with Crippen molar-refractivity contribution < 1.29 is 0 Å². The molecule has 0 spiro atoms. The lowest BCUT2D eigenvalue weighted by Crippen LogP contribution is -2.30. The summed E-state index contributed by atoms with van der Waals surface area (Å²) in [5.74, 6) is 0. The third kappa shape index (κ3) is 2.18. The van der Waals surface area contributed by atoms with Gasteiger partial charge in [-0.05, 0) is 37.9 Å². The average Bonchev–Trinajstić information content (AvgIpc) is 3.04. The molecule has 1 aliphatic heterocycles. The fourth-order valence-corrected chi connectivity index (χ4v) is 3.91. The first-order chi connectivity index (χ1) is 8.78. The molecule has 0 radical (unpaired) electrons. The Morgan fingerprint density at radius 2 is 2.22 bits per heavy atom. The first-order valence-electron chi connectivity index (χ1n) is 6.67. The van der Waals surface area contributed by atoms with E-state index in [1.54, 1.807) is 0 Å². The lowest BCUT2D eigenvalue weighted by molar-refractivity contribution is 0.260.